The first-order valence-electron chi connectivity index (χ1n) is 10.3. The molecule has 0 unspecified atom stereocenters. The Morgan fingerprint density at radius 2 is 1.76 bits per heavy atom. The lowest BCUT2D eigenvalue weighted by Crippen LogP contribution is -2.04. The molecule has 0 N–H and O–H groups in total. The molecule has 34 heavy (non-hydrogen) atoms. The molecule has 3 aromatic carbocycles. The van der Waals surface area contributed by atoms with Gasteiger partial charge in [0.2, 0.25) is 0 Å². The van der Waals surface area contributed by atoms with Gasteiger partial charge < -0.3 is 9.30 Å². The Bertz CT molecular complexity index is 1440. The monoisotopic (exact) mass is 460 g/mol. The fourth-order valence-electron chi connectivity index (χ4n) is 3.83. The van der Waals surface area contributed by atoms with Crippen LogP contribution in [0.1, 0.15) is 32.6 Å². The van der Waals surface area contributed by atoms with Crippen molar-refractivity contribution in [3.8, 4) is 6.07 Å². The lowest BCUT2D eigenvalue weighted by Gasteiger charge is -2.08. The number of rotatable bonds is 5. The van der Waals surface area contributed by atoms with Gasteiger partial charge in [-0.2, -0.15) is 18.4 Å². The summed E-state index contributed by atoms with van der Waals surface area (Å²) >= 11 is 0. The number of benzene rings is 3. The van der Waals surface area contributed by atoms with Crippen molar-refractivity contribution < 1.29 is 22.7 Å². The number of halogens is 3. The van der Waals surface area contributed by atoms with E-state index >= 15 is 0 Å². The fourth-order valence-corrected chi connectivity index (χ4v) is 3.83. The fraction of sp³-hybridized carbons (Fsp3) is 0.111. The Balaban J connectivity index is 1.76. The van der Waals surface area contributed by atoms with E-state index in [0.29, 0.717) is 17.7 Å². The van der Waals surface area contributed by atoms with Crippen LogP contribution in [0.2, 0.25) is 0 Å². The molecule has 170 valence electrons. The molecule has 0 saturated heterocycles. The maximum Gasteiger partial charge on any atom is 0.416 e. The van der Waals surface area contributed by atoms with Crippen LogP contribution < -0.4 is 0 Å². The van der Waals surface area contributed by atoms with Crippen LogP contribution in [0.5, 0.6) is 0 Å². The van der Waals surface area contributed by atoms with E-state index in [-0.39, 0.29) is 11.1 Å². The van der Waals surface area contributed by atoms with Gasteiger partial charge in [0.05, 0.1) is 29.9 Å². The zero-order chi connectivity index (χ0) is 24.3. The summed E-state index contributed by atoms with van der Waals surface area (Å²) in [7, 11) is 1.32. The Morgan fingerprint density at radius 3 is 2.50 bits per heavy atom. The molecule has 0 radical (unpaired) electrons. The van der Waals surface area contributed by atoms with Gasteiger partial charge in [-0.25, -0.2) is 4.79 Å². The molecular weight excluding hydrogens is 441 g/mol. The number of ether oxygens (including phenoxy) is 1. The zero-order valence-corrected chi connectivity index (χ0v) is 18.1. The summed E-state index contributed by atoms with van der Waals surface area (Å²) in [5.74, 6) is -0.428. The van der Waals surface area contributed by atoms with Crippen LogP contribution >= 0.6 is 0 Å². The molecule has 4 nitrogen and oxygen atoms in total. The van der Waals surface area contributed by atoms with Gasteiger partial charge in [0.1, 0.15) is 0 Å². The lowest BCUT2D eigenvalue weighted by molar-refractivity contribution is -0.137. The second-order valence-corrected chi connectivity index (χ2v) is 7.67. The second kappa shape index (κ2) is 9.28. The van der Waals surface area contributed by atoms with Gasteiger partial charge >= 0.3 is 12.1 Å². The third kappa shape index (κ3) is 4.71. The Hall–Kier alpha value is -4.31. The number of aromatic nitrogens is 1. The number of hydrogen-bond donors (Lipinski definition) is 0. The largest absolute Gasteiger partial charge is 0.465 e. The van der Waals surface area contributed by atoms with Gasteiger partial charge in [-0.3, -0.25) is 0 Å². The summed E-state index contributed by atoms with van der Waals surface area (Å²) < 4.78 is 46.2. The average Bonchev–Trinajstić information content (AvgIpc) is 3.18. The van der Waals surface area contributed by atoms with E-state index < -0.39 is 17.7 Å². The molecule has 1 aromatic heterocycles. The van der Waals surface area contributed by atoms with Gasteiger partial charge in [0.25, 0.3) is 0 Å². The number of nitriles is 1. The van der Waals surface area contributed by atoms with Crippen LogP contribution in [0.4, 0.5) is 13.2 Å². The van der Waals surface area contributed by atoms with Gasteiger partial charge in [-0.1, -0.05) is 42.5 Å². The topological polar surface area (TPSA) is 55.0 Å². The number of fused-ring (bicyclic) bond motifs is 1. The third-order valence-electron chi connectivity index (χ3n) is 5.44. The number of carbonyl (C=O) groups excluding carboxylic acids is 1. The maximum absolute atomic E-state index is 13.1. The number of carbonyl (C=O) groups is 1. The molecule has 0 amide bonds. The van der Waals surface area contributed by atoms with E-state index in [2.05, 4.69) is 0 Å². The molecule has 0 bridgehead atoms. The highest BCUT2D eigenvalue weighted by Crippen LogP contribution is 2.32. The van der Waals surface area contributed by atoms with Crippen LogP contribution in [0.25, 0.3) is 22.6 Å². The molecule has 4 aromatic rings. The van der Waals surface area contributed by atoms with Crippen molar-refractivity contribution in [1.82, 2.24) is 4.57 Å². The third-order valence-corrected chi connectivity index (χ3v) is 5.44. The highest BCUT2D eigenvalue weighted by molar-refractivity contribution is 5.98. The van der Waals surface area contributed by atoms with Crippen molar-refractivity contribution in [1.29, 1.82) is 5.26 Å². The molecule has 0 aliphatic carbocycles. The number of alkyl halides is 3. The summed E-state index contributed by atoms with van der Waals surface area (Å²) in [5.41, 5.74) is 2.42. The quantitative estimate of drug-likeness (QED) is 0.250. The summed E-state index contributed by atoms with van der Waals surface area (Å²) in [6, 6.07) is 21.4. The van der Waals surface area contributed by atoms with Crippen LogP contribution in [-0.2, 0) is 17.5 Å². The standard InChI is InChI=1S/C27H19F3N2O2/c1-34-26(33)20-8-4-6-18(12-20)16-32-17-22(24-10-2-3-11-25(24)32)13-21(15-31)19-7-5-9-23(14-19)27(28,29)30/h2-14,17H,16H2,1H3/b21-13-. The predicted molar refractivity (Wildman–Crippen MR) is 124 cm³/mol. The van der Waals surface area contributed by atoms with Crippen LogP contribution in [0, 0.1) is 11.3 Å². The first-order chi connectivity index (χ1) is 16.3. The highest BCUT2D eigenvalue weighted by atomic mass is 19.4. The highest BCUT2D eigenvalue weighted by Gasteiger charge is 2.30. The van der Waals surface area contributed by atoms with Crippen LogP contribution in [0.15, 0.2) is 79.0 Å². The molecule has 1 heterocycles. The van der Waals surface area contributed by atoms with Crippen molar-refractivity contribution in [3.05, 3.63) is 107 Å². The molecule has 0 aliphatic rings. The van der Waals surface area contributed by atoms with Crippen molar-refractivity contribution in [2.75, 3.05) is 7.11 Å². The molecule has 7 heteroatoms. The number of nitrogens with zero attached hydrogens (tertiary/aromatic N) is 2. The number of esters is 1. The van der Waals surface area contributed by atoms with E-state index in [9.17, 15) is 23.2 Å². The normalized spacial score (nSPS) is 11.9. The lowest BCUT2D eigenvalue weighted by atomic mass is 10.0. The van der Waals surface area contributed by atoms with Crippen molar-refractivity contribution >= 4 is 28.5 Å². The minimum Gasteiger partial charge on any atom is -0.465 e. The smallest absolute Gasteiger partial charge is 0.416 e. The molecule has 0 spiro atoms. The van der Waals surface area contributed by atoms with Crippen LogP contribution in [-0.4, -0.2) is 17.6 Å². The first-order valence-corrected chi connectivity index (χ1v) is 10.3. The average molecular weight is 460 g/mol. The Kier molecular flexibility index (Phi) is 6.24. The minimum atomic E-state index is -4.49. The van der Waals surface area contributed by atoms with Gasteiger partial charge in [-0.15, -0.1) is 0 Å². The number of allylic oxidation sites excluding steroid dienone is 1. The minimum absolute atomic E-state index is 0.127. The van der Waals surface area contributed by atoms with Gasteiger partial charge in [0.15, 0.2) is 0 Å². The molecule has 0 saturated carbocycles. The second-order valence-electron chi connectivity index (χ2n) is 7.67. The van der Waals surface area contributed by atoms with Crippen molar-refractivity contribution in [2.45, 2.75) is 12.7 Å². The van der Waals surface area contributed by atoms with Crippen molar-refractivity contribution in [3.63, 3.8) is 0 Å². The van der Waals surface area contributed by atoms with E-state index in [1.165, 1.54) is 19.2 Å². The van der Waals surface area contributed by atoms with E-state index in [4.69, 9.17) is 4.74 Å². The van der Waals surface area contributed by atoms with E-state index in [1.54, 1.807) is 24.3 Å². The molecule has 0 fully saturated rings. The van der Waals surface area contributed by atoms with Gasteiger partial charge in [-0.05, 0) is 47.5 Å². The molecule has 0 atom stereocenters. The van der Waals surface area contributed by atoms with E-state index in [1.807, 2.05) is 47.2 Å². The summed E-state index contributed by atoms with van der Waals surface area (Å²) in [6.45, 7) is 0.449. The first kappa shape index (κ1) is 22.9. The number of methoxy groups -OCH3 is 1. The molecule has 4 rings (SSSR count). The number of hydrogen-bond acceptors (Lipinski definition) is 3. The SMILES string of the molecule is COC(=O)c1cccc(Cn2cc(/C=C(/C#N)c3cccc(C(F)(F)F)c3)c3ccccc32)c1. The summed E-state index contributed by atoms with van der Waals surface area (Å²) in [4.78, 5) is 11.9. The van der Waals surface area contributed by atoms with Gasteiger partial charge in [0, 0.05) is 29.2 Å². The van der Waals surface area contributed by atoms with Crippen LogP contribution in [0.3, 0.4) is 0 Å². The zero-order valence-electron chi connectivity index (χ0n) is 18.1. The Morgan fingerprint density at radius 1 is 1.03 bits per heavy atom. The molecule has 0 aliphatic heterocycles. The predicted octanol–water partition coefficient (Wildman–Crippen LogP) is 6.56. The van der Waals surface area contributed by atoms with E-state index in [0.717, 1.165) is 28.6 Å². The molecular formula is C27H19F3N2O2. The summed E-state index contributed by atoms with van der Waals surface area (Å²) in [6.07, 6.45) is -1.05. The Labute approximate surface area is 194 Å². The number of para-hydroxylation sites is 1. The maximum atomic E-state index is 13.1. The summed E-state index contributed by atoms with van der Waals surface area (Å²) in [5, 5.41) is 10.6. The van der Waals surface area contributed by atoms with Crippen molar-refractivity contribution in [2.24, 2.45) is 0 Å².